The van der Waals surface area contributed by atoms with E-state index in [1.807, 2.05) is 24.4 Å². The van der Waals surface area contributed by atoms with Crippen molar-refractivity contribution in [1.29, 1.82) is 0 Å². The lowest BCUT2D eigenvalue weighted by Crippen LogP contribution is -2.30. The third-order valence-electron chi connectivity index (χ3n) is 4.53. The maximum Gasteiger partial charge on any atom is 0.308 e. The van der Waals surface area contributed by atoms with Gasteiger partial charge < -0.3 is 4.74 Å². The van der Waals surface area contributed by atoms with Gasteiger partial charge in [0, 0.05) is 22.0 Å². The van der Waals surface area contributed by atoms with Crippen molar-refractivity contribution in [3.8, 4) is 0 Å². The molecule has 0 bridgehead atoms. The summed E-state index contributed by atoms with van der Waals surface area (Å²) in [4.78, 5) is 24.3. The number of halogens is 1. The average Bonchev–Trinajstić information content (AvgIpc) is 2.98. The SMILES string of the molecule is COC(=O)C1CCC[C@@H](C(=O)Cn2cc3c(Br)cccc3n2)C1. The summed E-state index contributed by atoms with van der Waals surface area (Å²) in [7, 11) is 1.40. The molecule has 122 valence electrons. The van der Waals surface area contributed by atoms with Crippen molar-refractivity contribution >= 4 is 38.6 Å². The second kappa shape index (κ2) is 6.83. The number of hydrogen-bond acceptors (Lipinski definition) is 4. The van der Waals surface area contributed by atoms with Crippen LogP contribution in [-0.4, -0.2) is 28.6 Å². The van der Waals surface area contributed by atoms with E-state index in [-0.39, 0.29) is 30.1 Å². The first-order chi connectivity index (χ1) is 11.1. The van der Waals surface area contributed by atoms with E-state index in [1.54, 1.807) is 4.68 Å². The standard InChI is InChI=1S/C17H19BrN2O3/c1-23-17(22)12-5-2-4-11(8-12)16(21)10-20-9-13-14(18)6-3-7-15(13)19-20/h3,6-7,9,11-12H,2,4-5,8,10H2,1H3/t11-,12?/m1/s1. The molecule has 3 rings (SSSR count). The molecule has 1 unspecified atom stereocenters. The molecule has 1 aromatic carbocycles. The summed E-state index contributed by atoms with van der Waals surface area (Å²) >= 11 is 3.50. The molecule has 1 heterocycles. The van der Waals surface area contributed by atoms with Crippen molar-refractivity contribution in [3.63, 3.8) is 0 Å². The van der Waals surface area contributed by atoms with Crippen LogP contribution in [0.25, 0.3) is 10.9 Å². The quantitative estimate of drug-likeness (QED) is 0.765. The molecule has 6 heteroatoms. The highest BCUT2D eigenvalue weighted by molar-refractivity contribution is 9.10. The summed E-state index contributed by atoms with van der Waals surface area (Å²) < 4.78 is 7.48. The molecule has 1 fully saturated rings. The second-order valence-electron chi connectivity index (χ2n) is 6.05. The predicted octanol–water partition coefficient (Wildman–Crippen LogP) is 3.35. The van der Waals surface area contributed by atoms with Gasteiger partial charge in [0.1, 0.15) is 0 Å². The number of Topliss-reactive ketones (excluding diaryl/α,β-unsaturated/α-hetero) is 1. The number of rotatable bonds is 4. The zero-order valence-corrected chi connectivity index (χ0v) is 14.6. The Balaban J connectivity index is 1.70. The number of hydrogen-bond donors (Lipinski definition) is 0. The van der Waals surface area contributed by atoms with Crippen LogP contribution in [0.15, 0.2) is 28.9 Å². The van der Waals surface area contributed by atoms with Crippen molar-refractivity contribution in [2.75, 3.05) is 7.11 Å². The lowest BCUT2D eigenvalue weighted by molar-refractivity contribution is -0.147. The van der Waals surface area contributed by atoms with E-state index in [0.29, 0.717) is 6.42 Å². The molecule has 5 nitrogen and oxygen atoms in total. The lowest BCUT2D eigenvalue weighted by atomic mass is 9.79. The number of esters is 1. The molecule has 0 aliphatic heterocycles. The smallest absolute Gasteiger partial charge is 0.308 e. The molecule has 2 aromatic rings. The van der Waals surface area contributed by atoms with Gasteiger partial charge in [-0.2, -0.15) is 5.10 Å². The van der Waals surface area contributed by atoms with Crippen LogP contribution in [-0.2, 0) is 20.9 Å². The number of ketones is 1. The minimum absolute atomic E-state index is 0.0800. The molecule has 1 aromatic heterocycles. The summed E-state index contributed by atoms with van der Waals surface area (Å²) in [6.07, 6.45) is 5.03. The zero-order valence-electron chi connectivity index (χ0n) is 13.0. The van der Waals surface area contributed by atoms with E-state index in [1.165, 1.54) is 7.11 Å². The van der Waals surface area contributed by atoms with E-state index in [4.69, 9.17) is 4.74 Å². The van der Waals surface area contributed by atoms with Crippen LogP contribution < -0.4 is 0 Å². The van der Waals surface area contributed by atoms with Crippen molar-refractivity contribution < 1.29 is 14.3 Å². The Labute approximate surface area is 143 Å². The van der Waals surface area contributed by atoms with Gasteiger partial charge in [0.15, 0.2) is 5.78 Å². The summed E-state index contributed by atoms with van der Waals surface area (Å²) in [6, 6.07) is 5.81. The number of methoxy groups -OCH3 is 1. The summed E-state index contributed by atoms with van der Waals surface area (Å²) in [5.41, 5.74) is 0.864. The first-order valence-electron chi connectivity index (χ1n) is 7.80. The highest BCUT2D eigenvalue weighted by atomic mass is 79.9. The molecule has 1 saturated carbocycles. The normalized spacial score (nSPS) is 21.3. The van der Waals surface area contributed by atoms with Gasteiger partial charge in [0.25, 0.3) is 0 Å². The van der Waals surface area contributed by atoms with E-state index < -0.39 is 0 Å². The van der Waals surface area contributed by atoms with Crippen LogP contribution in [0, 0.1) is 11.8 Å². The second-order valence-corrected chi connectivity index (χ2v) is 6.90. The maximum atomic E-state index is 12.6. The van der Waals surface area contributed by atoms with Gasteiger partial charge in [-0.25, -0.2) is 0 Å². The van der Waals surface area contributed by atoms with E-state index >= 15 is 0 Å². The Morgan fingerprint density at radius 2 is 2.13 bits per heavy atom. The molecule has 0 saturated heterocycles. The third kappa shape index (κ3) is 3.47. The predicted molar refractivity (Wildman–Crippen MR) is 89.9 cm³/mol. The van der Waals surface area contributed by atoms with E-state index in [9.17, 15) is 9.59 Å². The van der Waals surface area contributed by atoms with Crippen LogP contribution >= 0.6 is 15.9 Å². The van der Waals surface area contributed by atoms with Gasteiger partial charge in [-0.3, -0.25) is 14.3 Å². The number of nitrogens with zero attached hydrogens (tertiary/aromatic N) is 2. The van der Waals surface area contributed by atoms with E-state index in [0.717, 1.165) is 34.6 Å². The molecule has 0 N–H and O–H groups in total. The topological polar surface area (TPSA) is 61.2 Å². The van der Waals surface area contributed by atoms with Crippen LogP contribution in [0.2, 0.25) is 0 Å². The summed E-state index contributed by atoms with van der Waals surface area (Å²) in [6.45, 7) is 0.250. The summed E-state index contributed by atoms with van der Waals surface area (Å²) in [5, 5.41) is 5.45. The third-order valence-corrected chi connectivity index (χ3v) is 5.22. The Kier molecular flexibility index (Phi) is 4.80. The van der Waals surface area contributed by atoms with Gasteiger partial charge in [0.05, 0.1) is 25.1 Å². The lowest BCUT2D eigenvalue weighted by Gasteiger charge is -2.26. The number of fused-ring (bicyclic) bond motifs is 1. The molecular formula is C17H19BrN2O3. The molecule has 2 atom stereocenters. The van der Waals surface area contributed by atoms with E-state index in [2.05, 4.69) is 21.0 Å². The van der Waals surface area contributed by atoms with Crippen LogP contribution in [0.5, 0.6) is 0 Å². The fourth-order valence-electron chi connectivity index (χ4n) is 3.29. The largest absolute Gasteiger partial charge is 0.469 e. The van der Waals surface area contributed by atoms with Crippen molar-refractivity contribution in [2.45, 2.75) is 32.2 Å². The van der Waals surface area contributed by atoms with Crippen molar-refractivity contribution in [1.82, 2.24) is 9.78 Å². The minimum Gasteiger partial charge on any atom is -0.469 e. The molecule has 1 aliphatic carbocycles. The van der Waals surface area contributed by atoms with Gasteiger partial charge in [-0.15, -0.1) is 0 Å². The Hall–Kier alpha value is -1.69. The number of benzene rings is 1. The number of aromatic nitrogens is 2. The molecule has 0 spiro atoms. The van der Waals surface area contributed by atoms with Crippen LogP contribution in [0.1, 0.15) is 25.7 Å². The number of carbonyl (C=O) groups is 2. The fourth-order valence-corrected chi connectivity index (χ4v) is 3.75. The highest BCUT2D eigenvalue weighted by Crippen LogP contribution is 2.31. The van der Waals surface area contributed by atoms with Gasteiger partial charge in [0.2, 0.25) is 0 Å². The zero-order chi connectivity index (χ0) is 16.4. The van der Waals surface area contributed by atoms with Crippen molar-refractivity contribution in [3.05, 3.63) is 28.9 Å². The summed E-state index contributed by atoms with van der Waals surface area (Å²) in [5.74, 6) is -0.282. The van der Waals surface area contributed by atoms with Gasteiger partial charge >= 0.3 is 5.97 Å². The molecular weight excluding hydrogens is 360 g/mol. The van der Waals surface area contributed by atoms with Crippen molar-refractivity contribution in [2.24, 2.45) is 11.8 Å². The van der Waals surface area contributed by atoms with Crippen LogP contribution in [0.3, 0.4) is 0 Å². The highest BCUT2D eigenvalue weighted by Gasteiger charge is 2.31. The Morgan fingerprint density at radius 3 is 2.87 bits per heavy atom. The molecule has 0 amide bonds. The number of carbonyl (C=O) groups excluding carboxylic acids is 2. The Bertz CT molecular complexity index is 741. The molecule has 0 radical (unpaired) electrons. The molecule has 23 heavy (non-hydrogen) atoms. The first-order valence-corrected chi connectivity index (χ1v) is 8.60. The monoisotopic (exact) mass is 378 g/mol. The first kappa shape index (κ1) is 16.2. The number of ether oxygens (including phenoxy) is 1. The maximum absolute atomic E-state index is 12.6. The minimum atomic E-state index is -0.198. The molecule has 1 aliphatic rings. The fraction of sp³-hybridized carbons (Fsp3) is 0.471. The van der Waals surface area contributed by atoms with Crippen LogP contribution in [0.4, 0.5) is 0 Å². The van der Waals surface area contributed by atoms with Gasteiger partial charge in [-0.1, -0.05) is 28.4 Å². The van der Waals surface area contributed by atoms with Gasteiger partial charge in [-0.05, 0) is 31.4 Å². The average molecular weight is 379 g/mol. The Morgan fingerprint density at radius 1 is 1.35 bits per heavy atom.